The molecule has 1 heterocycles. The van der Waals surface area contributed by atoms with Gasteiger partial charge in [0.25, 0.3) is 0 Å². The molecule has 0 radical (unpaired) electrons. The van der Waals surface area contributed by atoms with E-state index in [1.165, 1.54) is 12.8 Å². The second-order valence-electron chi connectivity index (χ2n) is 4.98. The summed E-state index contributed by atoms with van der Waals surface area (Å²) >= 11 is 0.981. The highest BCUT2D eigenvalue weighted by Crippen LogP contribution is 2.31. The Balaban J connectivity index is 0.00000242. The van der Waals surface area contributed by atoms with Crippen molar-refractivity contribution in [2.45, 2.75) is 38.9 Å². The van der Waals surface area contributed by atoms with Crippen LogP contribution in [0.5, 0.6) is 0 Å². The summed E-state index contributed by atoms with van der Waals surface area (Å²) in [5.74, 6) is 1.45. The minimum atomic E-state index is -4.38. The smallest absolute Gasteiger partial charge is 0.357 e. The lowest BCUT2D eigenvalue weighted by atomic mass is 10.3. The molecule has 4 nitrogen and oxygen atoms in total. The minimum Gasteiger partial charge on any atom is -0.357 e. The Morgan fingerprint density at radius 3 is 2.68 bits per heavy atom. The Morgan fingerprint density at radius 2 is 2.14 bits per heavy atom. The largest absolute Gasteiger partial charge is 0.434 e. The normalized spacial score (nSPS) is 15.4. The lowest BCUT2D eigenvalue weighted by Gasteiger charge is -2.10. The zero-order chi connectivity index (χ0) is 15.3. The second-order valence-corrected chi connectivity index (χ2v) is 5.92. The maximum atomic E-state index is 12.5. The van der Waals surface area contributed by atoms with Crippen molar-refractivity contribution in [2.24, 2.45) is 10.9 Å². The molecule has 0 saturated heterocycles. The van der Waals surface area contributed by atoms with Crippen LogP contribution in [-0.4, -0.2) is 24.0 Å². The van der Waals surface area contributed by atoms with E-state index in [0.717, 1.165) is 35.6 Å². The molecule has 0 spiro atoms. The Kier molecular flexibility index (Phi) is 7.87. The van der Waals surface area contributed by atoms with Gasteiger partial charge in [-0.15, -0.1) is 35.3 Å². The first-order chi connectivity index (χ1) is 9.99. The molecule has 2 N–H and O–H groups in total. The van der Waals surface area contributed by atoms with Crippen LogP contribution < -0.4 is 10.6 Å². The van der Waals surface area contributed by atoms with Crippen LogP contribution in [0.1, 0.15) is 36.9 Å². The first kappa shape index (κ1) is 19.5. The molecule has 1 saturated carbocycles. The van der Waals surface area contributed by atoms with Gasteiger partial charge in [-0.3, -0.25) is 0 Å². The number of rotatable bonds is 6. The van der Waals surface area contributed by atoms with Crippen LogP contribution >= 0.6 is 35.3 Å². The zero-order valence-corrected chi connectivity index (χ0v) is 15.4. The topological polar surface area (TPSA) is 49.3 Å². The summed E-state index contributed by atoms with van der Waals surface area (Å²) in [6.45, 7) is 3.64. The molecule has 0 aromatic carbocycles. The van der Waals surface area contributed by atoms with Crippen LogP contribution in [0.2, 0.25) is 0 Å². The summed E-state index contributed by atoms with van der Waals surface area (Å²) in [7, 11) is 0. The summed E-state index contributed by atoms with van der Waals surface area (Å²) in [4.78, 5) is 7.83. The highest BCUT2D eigenvalue weighted by atomic mass is 127. The second kappa shape index (κ2) is 8.90. The lowest BCUT2D eigenvalue weighted by molar-refractivity contribution is -0.140. The maximum absolute atomic E-state index is 12.5. The Bertz CT molecular complexity index is 486. The quantitative estimate of drug-likeness (QED) is 0.397. The molecule has 2 rings (SSSR count). The van der Waals surface area contributed by atoms with Crippen molar-refractivity contribution < 1.29 is 13.2 Å². The molecular formula is C13H20F3IN4S. The molecule has 22 heavy (non-hydrogen) atoms. The molecule has 9 heteroatoms. The fourth-order valence-corrected chi connectivity index (χ4v) is 2.53. The summed E-state index contributed by atoms with van der Waals surface area (Å²) in [5, 5.41) is 7.66. The third kappa shape index (κ3) is 6.67. The summed E-state index contributed by atoms with van der Waals surface area (Å²) in [6, 6.07) is 0. The third-order valence-corrected chi connectivity index (χ3v) is 3.93. The zero-order valence-electron chi connectivity index (χ0n) is 12.2. The predicted molar refractivity (Wildman–Crippen MR) is 92.7 cm³/mol. The number of hydrogen-bond acceptors (Lipinski definition) is 3. The fourth-order valence-electron chi connectivity index (χ4n) is 1.80. The van der Waals surface area contributed by atoms with Gasteiger partial charge in [0.15, 0.2) is 11.7 Å². The molecule has 1 aromatic heterocycles. The lowest BCUT2D eigenvalue weighted by Crippen LogP contribution is -2.37. The fraction of sp³-hybridized carbons (Fsp3) is 0.692. The average molecular weight is 448 g/mol. The number of hydrogen-bond donors (Lipinski definition) is 2. The highest BCUT2D eigenvalue weighted by Gasteiger charge is 2.33. The van der Waals surface area contributed by atoms with E-state index in [-0.39, 0.29) is 30.5 Å². The van der Waals surface area contributed by atoms with Gasteiger partial charge in [0, 0.05) is 18.5 Å². The number of nitrogens with zero attached hydrogens (tertiary/aromatic N) is 2. The van der Waals surface area contributed by atoms with Crippen LogP contribution in [0.25, 0.3) is 0 Å². The van der Waals surface area contributed by atoms with E-state index in [9.17, 15) is 13.2 Å². The third-order valence-electron chi connectivity index (χ3n) is 3.10. The van der Waals surface area contributed by atoms with E-state index in [1.807, 2.05) is 6.92 Å². The molecule has 0 amide bonds. The summed E-state index contributed by atoms with van der Waals surface area (Å²) in [5.41, 5.74) is -0.843. The molecule has 126 valence electrons. The molecule has 1 fully saturated rings. The number of nitrogens with one attached hydrogen (secondary N) is 2. The van der Waals surface area contributed by atoms with E-state index in [1.54, 1.807) is 0 Å². The molecule has 0 atom stereocenters. The molecule has 0 bridgehead atoms. The van der Waals surface area contributed by atoms with Gasteiger partial charge in [-0.05, 0) is 19.3 Å². The maximum Gasteiger partial charge on any atom is 0.434 e. The highest BCUT2D eigenvalue weighted by molar-refractivity contribution is 14.0. The molecular weight excluding hydrogens is 428 g/mol. The number of alkyl halides is 3. The summed E-state index contributed by atoms with van der Waals surface area (Å²) < 4.78 is 37.4. The molecule has 1 aliphatic carbocycles. The minimum absolute atomic E-state index is 0. The van der Waals surface area contributed by atoms with Gasteiger partial charge in [0.05, 0.1) is 6.54 Å². The first-order valence-electron chi connectivity index (χ1n) is 7.03. The van der Waals surface area contributed by atoms with E-state index in [2.05, 4.69) is 20.6 Å². The number of thiazole rings is 1. The monoisotopic (exact) mass is 448 g/mol. The van der Waals surface area contributed by atoms with Crippen LogP contribution in [0.3, 0.4) is 0 Å². The van der Waals surface area contributed by atoms with Crippen LogP contribution in [0, 0.1) is 5.92 Å². The Morgan fingerprint density at radius 1 is 1.41 bits per heavy atom. The van der Waals surface area contributed by atoms with E-state index in [4.69, 9.17) is 0 Å². The van der Waals surface area contributed by atoms with Gasteiger partial charge < -0.3 is 10.6 Å². The van der Waals surface area contributed by atoms with Crippen molar-refractivity contribution in [1.82, 2.24) is 15.6 Å². The first-order valence-corrected chi connectivity index (χ1v) is 7.90. The average Bonchev–Trinajstić information content (AvgIpc) is 3.10. The molecule has 1 aromatic rings. The van der Waals surface area contributed by atoms with E-state index >= 15 is 0 Å². The number of aromatic nitrogens is 1. The molecule has 0 unspecified atom stereocenters. The molecule has 0 aliphatic heterocycles. The molecule has 1 aliphatic rings. The van der Waals surface area contributed by atoms with Crippen molar-refractivity contribution >= 4 is 41.3 Å². The Labute approximate surface area is 149 Å². The van der Waals surface area contributed by atoms with Crippen LogP contribution in [0.4, 0.5) is 13.2 Å². The SMILES string of the molecule is CCNC(=NCc1nc(C(F)(F)F)cs1)NCCC1CC1.I. The predicted octanol–water partition coefficient (Wildman–Crippen LogP) is 3.64. The van der Waals surface area contributed by atoms with Gasteiger partial charge in [0.2, 0.25) is 0 Å². The van der Waals surface area contributed by atoms with Crippen molar-refractivity contribution in [1.29, 1.82) is 0 Å². The number of halogens is 4. The number of aliphatic imine (C=N–C) groups is 1. The van der Waals surface area contributed by atoms with Gasteiger partial charge in [-0.25, -0.2) is 9.98 Å². The van der Waals surface area contributed by atoms with Crippen LogP contribution in [-0.2, 0) is 12.7 Å². The van der Waals surface area contributed by atoms with Crippen molar-refractivity contribution in [3.8, 4) is 0 Å². The van der Waals surface area contributed by atoms with E-state index < -0.39 is 11.9 Å². The van der Waals surface area contributed by atoms with Gasteiger partial charge >= 0.3 is 6.18 Å². The standard InChI is InChI=1S/C13H19F3N4S.HI/c1-2-17-12(18-6-5-9-3-4-9)19-7-11-20-10(8-21-11)13(14,15)16;/h8-9H,2-7H2,1H3,(H2,17,18,19);1H. The summed E-state index contributed by atoms with van der Waals surface area (Å²) in [6.07, 6.45) is -0.672. The van der Waals surface area contributed by atoms with Crippen molar-refractivity contribution in [2.75, 3.05) is 13.1 Å². The van der Waals surface area contributed by atoms with Gasteiger partial charge in [-0.2, -0.15) is 13.2 Å². The van der Waals surface area contributed by atoms with E-state index in [0.29, 0.717) is 17.5 Å². The number of guanidine groups is 1. The van der Waals surface area contributed by atoms with Crippen molar-refractivity contribution in [3.63, 3.8) is 0 Å². The van der Waals surface area contributed by atoms with Gasteiger partial charge in [-0.1, -0.05) is 12.8 Å². The van der Waals surface area contributed by atoms with Gasteiger partial charge in [0.1, 0.15) is 5.01 Å². The van der Waals surface area contributed by atoms with Crippen molar-refractivity contribution in [3.05, 3.63) is 16.1 Å². The Hall–Kier alpha value is -0.580. The van der Waals surface area contributed by atoms with Crippen LogP contribution in [0.15, 0.2) is 10.4 Å².